The van der Waals surface area contributed by atoms with E-state index in [9.17, 15) is 9.90 Å². The molecule has 4 aromatic rings. The first kappa shape index (κ1) is 22.0. The number of hydrogen-bond donors (Lipinski definition) is 3. The van der Waals surface area contributed by atoms with Gasteiger partial charge in [0, 0.05) is 48.0 Å². The summed E-state index contributed by atoms with van der Waals surface area (Å²) in [6, 6.07) is 6.58. The van der Waals surface area contributed by atoms with Gasteiger partial charge in [-0.15, -0.1) is 0 Å². The molecule has 0 aliphatic rings. The number of alkyl halides is 1. The average molecular weight is 498 g/mol. The monoisotopic (exact) mass is 497 g/mol. The standard InChI is InChI=1S/C23H24BrN5O3/c1-25-22-16-12-26-20(29-21(31)6-4-2-3-5-9-24)11-15(16)17(13-27-22)23-28-18-10-14(30)7-8-19(18)32-23/h7-8,10-13,30H,2-6,9H2,1H3,(H,25,27)(H,26,29,31). The van der Waals surface area contributed by atoms with Crippen LogP contribution in [0.1, 0.15) is 32.1 Å². The fourth-order valence-corrected chi connectivity index (χ4v) is 3.94. The minimum Gasteiger partial charge on any atom is -0.508 e. The number of nitrogens with zero attached hydrogens (tertiary/aromatic N) is 3. The number of fused-ring (bicyclic) bond motifs is 2. The minimum absolute atomic E-state index is 0.0579. The molecule has 166 valence electrons. The van der Waals surface area contributed by atoms with E-state index in [1.165, 1.54) is 0 Å². The van der Waals surface area contributed by atoms with Gasteiger partial charge >= 0.3 is 0 Å². The number of hydrogen-bond acceptors (Lipinski definition) is 7. The van der Waals surface area contributed by atoms with E-state index in [2.05, 4.69) is 41.5 Å². The Balaban J connectivity index is 1.64. The van der Waals surface area contributed by atoms with Crippen LogP contribution < -0.4 is 10.6 Å². The van der Waals surface area contributed by atoms with Crippen molar-refractivity contribution in [2.24, 2.45) is 0 Å². The fraction of sp³-hybridized carbons (Fsp3) is 0.304. The highest BCUT2D eigenvalue weighted by Gasteiger charge is 2.16. The molecule has 1 amide bonds. The molecule has 8 nitrogen and oxygen atoms in total. The molecule has 0 fully saturated rings. The molecule has 4 rings (SSSR count). The van der Waals surface area contributed by atoms with Gasteiger partial charge < -0.3 is 20.2 Å². The Morgan fingerprint density at radius 1 is 1.09 bits per heavy atom. The van der Waals surface area contributed by atoms with Gasteiger partial charge in [0.15, 0.2) is 5.58 Å². The molecule has 3 heterocycles. The lowest BCUT2D eigenvalue weighted by Crippen LogP contribution is -2.12. The second-order valence-corrected chi connectivity index (χ2v) is 8.25. The molecule has 0 unspecified atom stereocenters. The maximum Gasteiger partial charge on any atom is 0.229 e. The molecule has 0 aliphatic heterocycles. The summed E-state index contributed by atoms with van der Waals surface area (Å²) < 4.78 is 5.90. The van der Waals surface area contributed by atoms with E-state index in [1.54, 1.807) is 37.6 Å². The molecule has 0 atom stereocenters. The summed E-state index contributed by atoms with van der Waals surface area (Å²) in [4.78, 5) is 25.7. The maximum atomic E-state index is 12.4. The van der Waals surface area contributed by atoms with Crippen molar-refractivity contribution < 1.29 is 14.3 Å². The Morgan fingerprint density at radius 3 is 2.75 bits per heavy atom. The van der Waals surface area contributed by atoms with Gasteiger partial charge in [0.1, 0.15) is 22.9 Å². The van der Waals surface area contributed by atoms with Crippen molar-refractivity contribution in [2.75, 3.05) is 23.0 Å². The van der Waals surface area contributed by atoms with Crippen LogP contribution in [0.3, 0.4) is 0 Å². The molecule has 1 aromatic carbocycles. The SMILES string of the molecule is CNc1ncc(-c2nc3cc(O)ccc3o2)c2cc(NC(=O)CCCCCCBr)ncc12. The van der Waals surface area contributed by atoms with Crippen LogP contribution in [0.4, 0.5) is 11.6 Å². The summed E-state index contributed by atoms with van der Waals surface area (Å²) in [5, 5.41) is 18.2. The smallest absolute Gasteiger partial charge is 0.229 e. The normalized spacial score (nSPS) is 11.2. The molecule has 9 heteroatoms. The number of anilines is 2. The first-order valence-corrected chi connectivity index (χ1v) is 11.6. The van der Waals surface area contributed by atoms with Gasteiger partial charge in [-0.1, -0.05) is 28.8 Å². The largest absolute Gasteiger partial charge is 0.508 e. The number of halogens is 1. The topological polar surface area (TPSA) is 113 Å². The zero-order chi connectivity index (χ0) is 22.5. The molecule has 0 radical (unpaired) electrons. The van der Waals surface area contributed by atoms with E-state index in [0.29, 0.717) is 40.6 Å². The van der Waals surface area contributed by atoms with Gasteiger partial charge in [-0.3, -0.25) is 4.79 Å². The predicted molar refractivity (Wildman–Crippen MR) is 129 cm³/mol. The van der Waals surface area contributed by atoms with Crippen molar-refractivity contribution >= 4 is 55.3 Å². The van der Waals surface area contributed by atoms with E-state index in [-0.39, 0.29) is 11.7 Å². The first-order valence-electron chi connectivity index (χ1n) is 10.5. The number of nitrogens with one attached hydrogen (secondary N) is 2. The van der Waals surface area contributed by atoms with E-state index in [1.807, 2.05) is 6.07 Å². The Bertz CT molecular complexity index is 1260. The highest BCUT2D eigenvalue weighted by atomic mass is 79.9. The molecular formula is C23H24BrN5O3. The Kier molecular flexibility index (Phi) is 6.84. The van der Waals surface area contributed by atoms with Gasteiger partial charge in [0.25, 0.3) is 0 Å². The van der Waals surface area contributed by atoms with E-state index in [0.717, 1.165) is 41.8 Å². The van der Waals surface area contributed by atoms with Crippen molar-refractivity contribution in [3.8, 4) is 17.2 Å². The number of aromatic hydroxyl groups is 1. The van der Waals surface area contributed by atoms with Crippen LogP contribution >= 0.6 is 15.9 Å². The summed E-state index contributed by atoms with van der Waals surface area (Å²) >= 11 is 3.42. The quantitative estimate of drug-likeness (QED) is 0.207. The van der Waals surface area contributed by atoms with Crippen LogP contribution in [0.2, 0.25) is 0 Å². The van der Waals surface area contributed by atoms with Crippen molar-refractivity contribution in [3.63, 3.8) is 0 Å². The number of carbonyl (C=O) groups excluding carboxylic acids is 1. The Morgan fingerprint density at radius 2 is 1.94 bits per heavy atom. The third kappa shape index (κ3) is 4.83. The number of phenolic OH excluding ortho intramolecular Hbond substituents is 1. The zero-order valence-electron chi connectivity index (χ0n) is 17.7. The molecule has 0 bridgehead atoms. The van der Waals surface area contributed by atoms with E-state index < -0.39 is 0 Å². The van der Waals surface area contributed by atoms with E-state index in [4.69, 9.17) is 4.42 Å². The van der Waals surface area contributed by atoms with Crippen LogP contribution in [0, 0.1) is 0 Å². The second-order valence-electron chi connectivity index (χ2n) is 7.46. The third-order valence-electron chi connectivity index (χ3n) is 5.17. The van der Waals surface area contributed by atoms with Crippen molar-refractivity contribution in [1.82, 2.24) is 15.0 Å². The summed E-state index contributed by atoms with van der Waals surface area (Å²) in [6.45, 7) is 0. The minimum atomic E-state index is -0.0579. The lowest BCUT2D eigenvalue weighted by Gasteiger charge is -2.10. The van der Waals surface area contributed by atoms with Crippen molar-refractivity contribution in [1.29, 1.82) is 0 Å². The summed E-state index contributed by atoms with van der Waals surface area (Å²) in [6.07, 6.45) is 7.92. The van der Waals surface area contributed by atoms with Crippen molar-refractivity contribution in [2.45, 2.75) is 32.1 Å². The molecule has 0 saturated carbocycles. The van der Waals surface area contributed by atoms with Crippen LogP contribution in [-0.4, -0.2) is 38.3 Å². The first-order chi connectivity index (χ1) is 15.6. The second kappa shape index (κ2) is 9.95. The lowest BCUT2D eigenvalue weighted by molar-refractivity contribution is -0.116. The number of carbonyl (C=O) groups is 1. The molecule has 3 N–H and O–H groups in total. The Hall–Kier alpha value is -3.20. The van der Waals surface area contributed by atoms with Crippen LogP contribution in [0.25, 0.3) is 33.3 Å². The number of rotatable bonds is 9. The molecular weight excluding hydrogens is 474 g/mol. The number of benzene rings is 1. The number of aromatic nitrogens is 3. The predicted octanol–water partition coefficient (Wildman–Crippen LogP) is 5.47. The average Bonchev–Trinajstić information content (AvgIpc) is 3.21. The van der Waals surface area contributed by atoms with Crippen LogP contribution in [0.5, 0.6) is 5.75 Å². The molecule has 0 saturated heterocycles. The van der Waals surface area contributed by atoms with Crippen LogP contribution in [0.15, 0.2) is 41.1 Å². The third-order valence-corrected chi connectivity index (χ3v) is 5.73. The number of amides is 1. The summed E-state index contributed by atoms with van der Waals surface area (Å²) in [5.74, 6) is 1.56. The van der Waals surface area contributed by atoms with Gasteiger partial charge in [0.05, 0.1) is 5.56 Å². The van der Waals surface area contributed by atoms with Gasteiger partial charge in [-0.05, 0) is 31.0 Å². The lowest BCUT2D eigenvalue weighted by atomic mass is 10.1. The van der Waals surface area contributed by atoms with Gasteiger partial charge in [0.2, 0.25) is 11.8 Å². The molecule has 0 aliphatic carbocycles. The fourth-order valence-electron chi connectivity index (χ4n) is 3.54. The number of oxazole rings is 1. The summed E-state index contributed by atoms with van der Waals surface area (Å²) in [5.41, 5.74) is 1.78. The van der Waals surface area contributed by atoms with Crippen molar-refractivity contribution in [3.05, 3.63) is 36.7 Å². The number of unbranched alkanes of at least 4 members (excludes halogenated alkanes) is 3. The van der Waals surface area contributed by atoms with Gasteiger partial charge in [-0.2, -0.15) is 0 Å². The molecule has 0 spiro atoms. The Labute approximate surface area is 193 Å². The molecule has 32 heavy (non-hydrogen) atoms. The maximum absolute atomic E-state index is 12.4. The number of pyridine rings is 2. The van der Waals surface area contributed by atoms with Gasteiger partial charge in [-0.25, -0.2) is 15.0 Å². The summed E-state index contributed by atoms with van der Waals surface area (Å²) in [7, 11) is 1.79. The zero-order valence-corrected chi connectivity index (χ0v) is 19.3. The number of phenols is 1. The highest BCUT2D eigenvalue weighted by Crippen LogP contribution is 2.34. The van der Waals surface area contributed by atoms with Crippen LogP contribution in [-0.2, 0) is 4.79 Å². The highest BCUT2D eigenvalue weighted by molar-refractivity contribution is 9.09. The van der Waals surface area contributed by atoms with E-state index >= 15 is 0 Å². The molecule has 3 aromatic heterocycles.